The minimum absolute atomic E-state index is 0.0204. The molecule has 4 heteroatoms. The lowest BCUT2D eigenvalue weighted by molar-refractivity contribution is -0.149. The number of carbonyl (C=O) groups is 2. The van der Waals surface area contributed by atoms with Crippen molar-refractivity contribution in [2.45, 2.75) is 53.6 Å². The van der Waals surface area contributed by atoms with Gasteiger partial charge in [-0.05, 0) is 13.8 Å². The number of hydrogen-bond acceptors (Lipinski definition) is 2. The average Bonchev–Trinajstić information content (AvgIpc) is 2.29. The molecule has 1 saturated heterocycles. The van der Waals surface area contributed by atoms with Crippen molar-refractivity contribution >= 4 is 11.8 Å². The van der Waals surface area contributed by atoms with Crippen molar-refractivity contribution in [3.8, 4) is 0 Å². The summed E-state index contributed by atoms with van der Waals surface area (Å²) in [4.78, 5) is 28.0. The molecule has 104 valence electrons. The van der Waals surface area contributed by atoms with E-state index in [2.05, 4.69) is 0 Å². The van der Waals surface area contributed by atoms with E-state index >= 15 is 0 Å². The first-order valence-electron chi connectivity index (χ1n) is 6.86. The van der Waals surface area contributed by atoms with E-state index in [-0.39, 0.29) is 35.7 Å². The molecule has 0 aromatic carbocycles. The summed E-state index contributed by atoms with van der Waals surface area (Å²) < 4.78 is 0. The van der Waals surface area contributed by atoms with Crippen LogP contribution in [0.4, 0.5) is 0 Å². The van der Waals surface area contributed by atoms with Gasteiger partial charge in [-0.15, -0.1) is 0 Å². The van der Waals surface area contributed by atoms with Gasteiger partial charge in [-0.2, -0.15) is 0 Å². The summed E-state index contributed by atoms with van der Waals surface area (Å²) in [7, 11) is 0. The second-order valence-corrected chi connectivity index (χ2v) is 5.99. The van der Waals surface area contributed by atoms with Crippen LogP contribution in [0.2, 0.25) is 0 Å². The third-order valence-corrected chi connectivity index (χ3v) is 3.54. The molecule has 4 nitrogen and oxygen atoms in total. The summed E-state index contributed by atoms with van der Waals surface area (Å²) in [5.41, 5.74) is 0. The molecule has 18 heavy (non-hydrogen) atoms. The highest BCUT2D eigenvalue weighted by Crippen LogP contribution is 2.19. The fraction of sp³-hybridized carbons (Fsp3) is 0.857. The number of carbonyl (C=O) groups excluding carboxylic acids is 2. The fourth-order valence-corrected chi connectivity index (χ4v) is 2.40. The first-order chi connectivity index (χ1) is 8.25. The molecule has 0 aromatic rings. The molecule has 0 aromatic heterocycles. The maximum absolute atomic E-state index is 12.1. The third-order valence-electron chi connectivity index (χ3n) is 3.54. The van der Waals surface area contributed by atoms with Crippen LogP contribution in [0.1, 0.15) is 41.5 Å². The second-order valence-electron chi connectivity index (χ2n) is 5.99. The highest BCUT2D eigenvalue weighted by molar-refractivity contribution is 5.81. The van der Waals surface area contributed by atoms with Gasteiger partial charge >= 0.3 is 0 Å². The summed E-state index contributed by atoms with van der Waals surface area (Å²) in [6, 6.07) is 0.220. The third kappa shape index (κ3) is 3.03. The maximum Gasteiger partial charge on any atom is 0.225 e. The van der Waals surface area contributed by atoms with Crippen LogP contribution in [0.15, 0.2) is 0 Å². The van der Waals surface area contributed by atoms with Crippen LogP contribution in [-0.2, 0) is 9.59 Å². The van der Waals surface area contributed by atoms with Crippen LogP contribution in [0.3, 0.4) is 0 Å². The van der Waals surface area contributed by atoms with Crippen LogP contribution in [-0.4, -0.2) is 46.8 Å². The molecule has 1 rings (SSSR count). The highest BCUT2D eigenvalue weighted by atomic mass is 16.2. The molecule has 1 aliphatic heterocycles. The van der Waals surface area contributed by atoms with Gasteiger partial charge in [0.05, 0.1) is 0 Å². The Labute approximate surface area is 110 Å². The summed E-state index contributed by atoms with van der Waals surface area (Å²) in [5.74, 6) is 0.413. The van der Waals surface area contributed by atoms with Gasteiger partial charge < -0.3 is 9.80 Å². The largest absolute Gasteiger partial charge is 0.336 e. The van der Waals surface area contributed by atoms with Crippen LogP contribution in [0, 0.1) is 11.8 Å². The zero-order valence-electron chi connectivity index (χ0n) is 12.4. The Hall–Kier alpha value is -1.06. The molecule has 0 N–H and O–H groups in total. The van der Waals surface area contributed by atoms with Gasteiger partial charge in [0.2, 0.25) is 11.8 Å². The molecular formula is C14H26N2O2. The van der Waals surface area contributed by atoms with E-state index in [4.69, 9.17) is 0 Å². The van der Waals surface area contributed by atoms with E-state index < -0.39 is 0 Å². The molecule has 1 heterocycles. The van der Waals surface area contributed by atoms with Crippen LogP contribution in [0.5, 0.6) is 0 Å². The molecular weight excluding hydrogens is 228 g/mol. The van der Waals surface area contributed by atoms with E-state index in [1.165, 1.54) is 0 Å². The Kier molecular flexibility index (Phi) is 4.77. The Balaban J connectivity index is 2.76. The van der Waals surface area contributed by atoms with E-state index in [0.717, 1.165) is 0 Å². The minimum atomic E-state index is 0.0204. The van der Waals surface area contributed by atoms with Crippen molar-refractivity contribution in [1.82, 2.24) is 9.80 Å². The van der Waals surface area contributed by atoms with E-state index in [0.29, 0.717) is 13.1 Å². The Morgan fingerprint density at radius 1 is 0.833 bits per heavy atom. The Bertz CT molecular complexity index is 294. The number of hydrogen-bond donors (Lipinski definition) is 0. The summed E-state index contributed by atoms with van der Waals surface area (Å²) in [5, 5.41) is 0. The second kappa shape index (κ2) is 5.72. The zero-order chi connectivity index (χ0) is 14.0. The van der Waals surface area contributed by atoms with Crippen molar-refractivity contribution in [1.29, 1.82) is 0 Å². The molecule has 0 aliphatic carbocycles. The van der Waals surface area contributed by atoms with E-state index in [1.807, 2.05) is 51.3 Å². The standard InChI is InChI=1S/C14H26N2O2/c1-9(2)13(17)15-7-12(6)16(8-11(15)5)14(18)10(3)4/h9-12H,7-8H2,1-6H3. The van der Waals surface area contributed by atoms with Crippen LogP contribution >= 0.6 is 0 Å². The molecule has 0 saturated carbocycles. The quantitative estimate of drug-likeness (QED) is 0.753. The van der Waals surface area contributed by atoms with Crippen molar-refractivity contribution < 1.29 is 9.59 Å². The molecule has 0 radical (unpaired) electrons. The Morgan fingerprint density at radius 3 is 1.33 bits per heavy atom. The molecule has 0 bridgehead atoms. The van der Waals surface area contributed by atoms with Gasteiger partial charge in [-0.1, -0.05) is 27.7 Å². The summed E-state index contributed by atoms with van der Waals surface area (Å²) in [6.07, 6.45) is 0. The zero-order valence-corrected chi connectivity index (χ0v) is 12.4. The van der Waals surface area contributed by atoms with Gasteiger partial charge in [0.15, 0.2) is 0 Å². The molecule has 2 unspecified atom stereocenters. The van der Waals surface area contributed by atoms with Crippen LogP contribution in [0.25, 0.3) is 0 Å². The predicted octanol–water partition coefficient (Wildman–Crippen LogP) is 1.75. The SMILES string of the molecule is CC(C)C(=O)N1CC(C)N(C(=O)C(C)C)CC1C. The molecule has 2 atom stereocenters. The molecule has 1 aliphatic rings. The number of amides is 2. The smallest absolute Gasteiger partial charge is 0.225 e. The summed E-state index contributed by atoms with van der Waals surface area (Å²) >= 11 is 0. The average molecular weight is 254 g/mol. The number of piperazine rings is 1. The van der Waals surface area contributed by atoms with E-state index in [1.54, 1.807) is 0 Å². The number of rotatable bonds is 2. The molecule has 1 fully saturated rings. The lowest BCUT2D eigenvalue weighted by atomic mass is 10.0. The lowest BCUT2D eigenvalue weighted by Gasteiger charge is -2.45. The lowest BCUT2D eigenvalue weighted by Crippen LogP contribution is -2.60. The van der Waals surface area contributed by atoms with Gasteiger partial charge in [-0.3, -0.25) is 9.59 Å². The maximum atomic E-state index is 12.1. The fourth-order valence-electron chi connectivity index (χ4n) is 2.40. The minimum Gasteiger partial charge on any atom is -0.336 e. The summed E-state index contributed by atoms with van der Waals surface area (Å²) in [6.45, 7) is 13.0. The van der Waals surface area contributed by atoms with Crippen molar-refractivity contribution in [3.63, 3.8) is 0 Å². The van der Waals surface area contributed by atoms with Gasteiger partial charge in [0, 0.05) is 37.0 Å². The van der Waals surface area contributed by atoms with Gasteiger partial charge in [-0.25, -0.2) is 0 Å². The van der Waals surface area contributed by atoms with Gasteiger partial charge in [0.1, 0.15) is 0 Å². The topological polar surface area (TPSA) is 40.6 Å². The Morgan fingerprint density at radius 2 is 1.11 bits per heavy atom. The van der Waals surface area contributed by atoms with Crippen molar-refractivity contribution in [3.05, 3.63) is 0 Å². The monoisotopic (exact) mass is 254 g/mol. The van der Waals surface area contributed by atoms with Crippen LogP contribution < -0.4 is 0 Å². The number of nitrogens with zero attached hydrogens (tertiary/aromatic N) is 2. The molecule has 0 spiro atoms. The van der Waals surface area contributed by atoms with Crippen molar-refractivity contribution in [2.24, 2.45) is 11.8 Å². The normalized spacial score (nSPS) is 24.9. The highest BCUT2D eigenvalue weighted by Gasteiger charge is 2.35. The first-order valence-corrected chi connectivity index (χ1v) is 6.86. The first kappa shape index (κ1) is 15.0. The van der Waals surface area contributed by atoms with Crippen molar-refractivity contribution in [2.75, 3.05) is 13.1 Å². The van der Waals surface area contributed by atoms with E-state index in [9.17, 15) is 9.59 Å². The predicted molar refractivity (Wildman–Crippen MR) is 72.0 cm³/mol. The van der Waals surface area contributed by atoms with Gasteiger partial charge in [0.25, 0.3) is 0 Å². The molecule has 2 amide bonds.